The van der Waals surface area contributed by atoms with Crippen LogP contribution in [0.25, 0.3) is 0 Å². The Kier molecular flexibility index (Phi) is 5.78. The van der Waals surface area contributed by atoms with E-state index in [0.717, 1.165) is 35.5 Å². The molecular formula is C21H22ClN5OS. The van der Waals surface area contributed by atoms with Gasteiger partial charge in [0.15, 0.2) is 5.82 Å². The molecule has 2 N–H and O–H groups in total. The van der Waals surface area contributed by atoms with E-state index in [1.165, 1.54) is 11.8 Å². The van der Waals surface area contributed by atoms with Gasteiger partial charge in [-0.1, -0.05) is 60.1 Å². The topological polar surface area (TPSA) is 71.8 Å². The Balaban J connectivity index is 1.65. The minimum atomic E-state index is -0.413. The highest BCUT2D eigenvalue weighted by atomic mass is 35.5. The molecule has 1 amide bonds. The summed E-state index contributed by atoms with van der Waals surface area (Å²) in [7, 11) is 0. The molecule has 4 rings (SSSR count). The summed E-state index contributed by atoms with van der Waals surface area (Å²) in [6.45, 7) is 4.12. The Hall–Kier alpha value is -2.51. The number of carbonyl (C=O) groups is 1. The third-order valence-electron chi connectivity index (χ3n) is 4.78. The number of hydrogen-bond acceptors (Lipinski definition) is 5. The van der Waals surface area contributed by atoms with Crippen LogP contribution in [0.15, 0.2) is 53.7 Å². The average Bonchev–Trinajstić information content (AvgIpc) is 3.11. The number of carbonyl (C=O) groups excluding carboxylic acids is 1. The fourth-order valence-corrected chi connectivity index (χ4v) is 4.48. The average molecular weight is 428 g/mol. The third-order valence-corrected chi connectivity index (χ3v) is 6.25. The molecular weight excluding hydrogens is 406 g/mol. The maximum atomic E-state index is 13.2. The van der Waals surface area contributed by atoms with Gasteiger partial charge in [0, 0.05) is 17.1 Å². The van der Waals surface area contributed by atoms with Crippen molar-refractivity contribution in [3.63, 3.8) is 0 Å². The van der Waals surface area contributed by atoms with E-state index in [-0.39, 0.29) is 11.9 Å². The van der Waals surface area contributed by atoms with Crippen molar-refractivity contribution in [1.29, 1.82) is 0 Å². The molecule has 1 aromatic heterocycles. The van der Waals surface area contributed by atoms with Crippen molar-refractivity contribution in [2.24, 2.45) is 0 Å². The summed E-state index contributed by atoms with van der Waals surface area (Å²) in [6.07, 6.45) is 1.78. The van der Waals surface area contributed by atoms with Crippen LogP contribution in [0.3, 0.4) is 0 Å². The Bertz CT molecular complexity index is 1000. The second-order valence-electron chi connectivity index (χ2n) is 7.04. The van der Waals surface area contributed by atoms with Crippen LogP contribution in [0.1, 0.15) is 36.3 Å². The van der Waals surface area contributed by atoms with Gasteiger partial charge in [0.1, 0.15) is 5.25 Å². The van der Waals surface area contributed by atoms with E-state index in [4.69, 9.17) is 11.6 Å². The number of benzene rings is 2. The predicted molar refractivity (Wildman–Crippen MR) is 117 cm³/mol. The number of halogens is 1. The Morgan fingerprint density at radius 1 is 1.17 bits per heavy atom. The van der Waals surface area contributed by atoms with E-state index in [1.54, 1.807) is 0 Å². The highest BCUT2D eigenvalue weighted by Gasteiger charge is 2.37. The molecule has 0 radical (unpaired) electrons. The molecule has 6 nitrogen and oxygen atoms in total. The number of nitrogens with zero attached hydrogens (tertiary/aromatic N) is 3. The quantitative estimate of drug-likeness (QED) is 0.623. The van der Waals surface area contributed by atoms with Crippen molar-refractivity contribution in [1.82, 2.24) is 14.9 Å². The van der Waals surface area contributed by atoms with Crippen molar-refractivity contribution >= 4 is 35.0 Å². The van der Waals surface area contributed by atoms with Crippen LogP contribution in [0, 0.1) is 6.92 Å². The molecule has 2 heterocycles. The fourth-order valence-electron chi connectivity index (χ4n) is 3.25. The standard InChI is InChI=1S/C21H22ClN5OS/c1-3-4-17-24-25-21-27(17)26-18(14-7-9-15(22)10-8-14)19(29-21)20(28)23-16-11-5-13(2)6-12-16/h5-12,18-19,26H,3-4H2,1-2H3,(H,23,28)/t18-,19+/m0/s1. The van der Waals surface area contributed by atoms with E-state index in [9.17, 15) is 4.79 Å². The van der Waals surface area contributed by atoms with Gasteiger partial charge in [-0.2, -0.15) is 0 Å². The lowest BCUT2D eigenvalue weighted by molar-refractivity contribution is -0.116. The molecule has 1 aliphatic rings. The minimum Gasteiger partial charge on any atom is -0.325 e. The summed E-state index contributed by atoms with van der Waals surface area (Å²) in [4.78, 5) is 13.2. The zero-order valence-electron chi connectivity index (χ0n) is 16.2. The number of aromatic nitrogens is 3. The van der Waals surface area contributed by atoms with Gasteiger partial charge in [-0.25, -0.2) is 4.68 Å². The maximum Gasteiger partial charge on any atom is 0.240 e. The van der Waals surface area contributed by atoms with Crippen molar-refractivity contribution in [2.75, 3.05) is 10.7 Å². The summed E-state index contributed by atoms with van der Waals surface area (Å²) in [5.41, 5.74) is 6.36. The molecule has 3 aromatic rings. The number of thioether (sulfide) groups is 1. The van der Waals surface area contributed by atoms with Gasteiger partial charge in [0.05, 0.1) is 6.04 Å². The van der Waals surface area contributed by atoms with Crippen LogP contribution >= 0.6 is 23.4 Å². The number of rotatable bonds is 5. The Labute approximate surface area is 179 Å². The van der Waals surface area contributed by atoms with Crippen molar-refractivity contribution in [3.05, 3.63) is 70.5 Å². The van der Waals surface area contributed by atoms with Crippen LogP contribution in [0.5, 0.6) is 0 Å². The summed E-state index contributed by atoms with van der Waals surface area (Å²) in [5, 5.41) is 12.5. The second-order valence-corrected chi connectivity index (χ2v) is 8.58. The van der Waals surface area contributed by atoms with Crippen LogP contribution in [0.2, 0.25) is 5.02 Å². The van der Waals surface area contributed by atoms with Crippen LogP contribution < -0.4 is 10.7 Å². The van der Waals surface area contributed by atoms with Gasteiger partial charge in [0.25, 0.3) is 0 Å². The summed E-state index contributed by atoms with van der Waals surface area (Å²) >= 11 is 7.49. The third kappa shape index (κ3) is 4.26. The second kappa shape index (κ2) is 8.47. The SMILES string of the molecule is CCCc1nnc2n1N[C@@H](c1ccc(Cl)cc1)[C@H](C(=O)Nc1ccc(C)cc1)S2. The number of fused-ring (bicyclic) bond motifs is 1. The summed E-state index contributed by atoms with van der Waals surface area (Å²) in [5.74, 6) is 0.781. The van der Waals surface area contributed by atoms with Crippen molar-refractivity contribution < 1.29 is 4.79 Å². The highest BCUT2D eigenvalue weighted by Crippen LogP contribution is 2.38. The van der Waals surface area contributed by atoms with E-state index >= 15 is 0 Å². The lowest BCUT2D eigenvalue weighted by Crippen LogP contribution is -2.41. The minimum absolute atomic E-state index is 0.0856. The van der Waals surface area contributed by atoms with E-state index in [0.29, 0.717) is 10.2 Å². The summed E-state index contributed by atoms with van der Waals surface area (Å²) in [6, 6.07) is 15.1. The first kappa shape index (κ1) is 19.8. The van der Waals surface area contributed by atoms with Crippen LogP contribution in [0.4, 0.5) is 5.69 Å². The van der Waals surface area contributed by atoms with Crippen LogP contribution in [-0.2, 0) is 11.2 Å². The lowest BCUT2D eigenvalue weighted by atomic mass is 10.0. The molecule has 0 unspecified atom stereocenters. The lowest BCUT2D eigenvalue weighted by Gasteiger charge is -2.33. The number of aryl methyl sites for hydroxylation is 2. The predicted octanol–water partition coefficient (Wildman–Crippen LogP) is 4.59. The molecule has 1 aliphatic heterocycles. The molecule has 29 heavy (non-hydrogen) atoms. The highest BCUT2D eigenvalue weighted by molar-refractivity contribution is 8.00. The first-order chi connectivity index (χ1) is 14.0. The zero-order valence-corrected chi connectivity index (χ0v) is 17.8. The van der Waals surface area contributed by atoms with Gasteiger partial charge < -0.3 is 10.7 Å². The van der Waals surface area contributed by atoms with Gasteiger partial charge in [-0.15, -0.1) is 10.2 Å². The molecule has 2 aromatic carbocycles. The molecule has 8 heteroatoms. The molecule has 0 saturated heterocycles. The normalized spacial score (nSPS) is 18.0. The van der Waals surface area contributed by atoms with Gasteiger partial charge in [-0.05, 0) is 43.2 Å². The largest absolute Gasteiger partial charge is 0.325 e. The van der Waals surface area contributed by atoms with Crippen LogP contribution in [-0.4, -0.2) is 26.0 Å². The number of amides is 1. The number of anilines is 1. The molecule has 0 bridgehead atoms. The maximum absolute atomic E-state index is 13.2. The van der Waals surface area contributed by atoms with E-state index in [1.807, 2.05) is 60.1 Å². The fraction of sp³-hybridized carbons (Fsp3) is 0.286. The first-order valence-electron chi connectivity index (χ1n) is 9.55. The smallest absolute Gasteiger partial charge is 0.240 e. The van der Waals surface area contributed by atoms with Crippen molar-refractivity contribution in [2.45, 2.75) is 43.1 Å². The first-order valence-corrected chi connectivity index (χ1v) is 10.8. The Morgan fingerprint density at radius 3 is 2.59 bits per heavy atom. The zero-order chi connectivity index (χ0) is 20.4. The molecule has 150 valence electrons. The molecule has 0 saturated carbocycles. The molecule has 0 aliphatic carbocycles. The molecule has 0 spiro atoms. The Morgan fingerprint density at radius 2 is 1.90 bits per heavy atom. The van der Waals surface area contributed by atoms with E-state index < -0.39 is 5.25 Å². The molecule has 0 fully saturated rings. The van der Waals surface area contributed by atoms with Gasteiger partial charge in [-0.3, -0.25) is 4.79 Å². The van der Waals surface area contributed by atoms with Gasteiger partial charge in [0.2, 0.25) is 11.1 Å². The van der Waals surface area contributed by atoms with Gasteiger partial charge >= 0.3 is 0 Å². The van der Waals surface area contributed by atoms with E-state index in [2.05, 4.69) is 27.9 Å². The molecule has 2 atom stereocenters. The monoisotopic (exact) mass is 427 g/mol. The van der Waals surface area contributed by atoms with Crippen molar-refractivity contribution in [3.8, 4) is 0 Å². The number of hydrogen-bond donors (Lipinski definition) is 2. The summed E-state index contributed by atoms with van der Waals surface area (Å²) < 4.78 is 1.91. The number of nitrogens with one attached hydrogen (secondary N) is 2.